The van der Waals surface area contributed by atoms with Gasteiger partial charge in [0.2, 0.25) is 10.0 Å². The van der Waals surface area contributed by atoms with Gasteiger partial charge in [0.15, 0.2) is 0 Å². The van der Waals surface area contributed by atoms with E-state index in [1.807, 2.05) is 24.3 Å². The first-order valence-electron chi connectivity index (χ1n) is 8.51. The monoisotopic (exact) mass is 354 g/mol. The van der Waals surface area contributed by atoms with Gasteiger partial charge < -0.3 is 0 Å². The van der Waals surface area contributed by atoms with E-state index in [9.17, 15) is 8.42 Å². The van der Waals surface area contributed by atoms with Crippen molar-refractivity contribution in [2.24, 2.45) is 0 Å². The lowest BCUT2D eigenvalue weighted by Crippen LogP contribution is -2.33. The van der Waals surface area contributed by atoms with Crippen LogP contribution in [-0.2, 0) is 22.9 Å². The summed E-state index contributed by atoms with van der Waals surface area (Å²) in [5, 5.41) is 8.58. The second-order valence-corrected chi connectivity index (χ2v) is 9.09. The topological polar surface area (TPSA) is 70.0 Å². The molecule has 130 valence electrons. The number of fused-ring (bicyclic) bond motifs is 1. The predicted molar refractivity (Wildman–Crippen MR) is 98.7 cm³/mol. The molecule has 0 radical (unpaired) electrons. The Labute approximate surface area is 149 Å². The quantitative estimate of drug-likeness (QED) is 0.894. The highest BCUT2D eigenvalue weighted by Gasteiger charge is 2.28. The predicted octanol–water partition coefficient (Wildman–Crippen LogP) is 3.46. The summed E-state index contributed by atoms with van der Waals surface area (Å²) in [6.07, 6.45) is 2.45. The van der Waals surface area contributed by atoms with Crippen molar-refractivity contribution < 1.29 is 8.42 Å². The lowest BCUT2D eigenvalue weighted by molar-refractivity contribution is 0.546. The van der Waals surface area contributed by atoms with Crippen molar-refractivity contribution in [3.63, 3.8) is 0 Å². The van der Waals surface area contributed by atoms with E-state index in [-0.39, 0.29) is 6.04 Å². The van der Waals surface area contributed by atoms with Gasteiger partial charge in [-0.15, -0.1) is 0 Å². The Morgan fingerprint density at radius 1 is 1.20 bits per heavy atom. The smallest absolute Gasteiger partial charge is 0.212 e. The van der Waals surface area contributed by atoms with Crippen LogP contribution >= 0.6 is 0 Å². The number of rotatable bonds is 5. The van der Waals surface area contributed by atoms with E-state index < -0.39 is 15.3 Å². The van der Waals surface area contributed by atoms with Crippen molar-refractivity contribution in [2.75, 3.05) is 0 Å². The molecule has 0 fully saturated rings. The van der Waals surface area contributed by atoms with Gasteiger partial charge in [0.25, 0.3) is 0 Å². The van der Waals surface area contributed by atoms with Crippen LogP contribution in [0.5, 0.6) is 0 Å². The zero-order chi connectivity index (χ0) is 18.0. The number of hydrogen-bond acceptors (Lipinski definition) is 3. The van der Waals surface area contributed by atoms with Crippen LogP contribution in [0.1, 0.15) is 54.1 Å². The lowest BCUT2D eigenvalue weighted by atomic mass is 9.99. The van der Waals surface area contributed by atoms with Gasteiger partial charge in [0, 0.05) is 6.04 Å². The highest BCUT2D eigenvalue weighted by molar-refractivity contribution is 7.90. The Bertz CT molecular complexity index is 927. The molecule has 1 unspecified atom stereocenters. The molecule has 2 aromatic carbocycles. The molecular formula is C20H22N2O2S. The van der Waals surface area contributed by atoms with Crippen molar-refractivity contribution in [3.05, 3.63) is 70.3 Å². The van der Waals surface area contributed by atoms with Gasteiger partial charge in [0.05, 0.1) is 16.9 Å². The van der Waals surface area contributed by atoms with Gasteiger partial charge >= 0.3 is 0 Å². The average Bonchev–Trinajstić information content (AvgIpc) is 2.96. The molecule has 0 amide bonds. The second kappa shape index (κ2) is 6.99. The zero-order valence-electron chi connectivity index (χ0n) is 14.5. The zero-order valence-corrected chi connectivity index (χ0v) is 15.3. The third-order valence-electron chi connectivity index (χ3n) is 4.68. The maximum atomic E-state index is 12.1. The van der Waals surface area contributed by atoms with Gasteiger partial charge in [-0.3, -0.25) is 0 Å². The SMILES string of the molecule is CC(C)S(=O)(=O)NC1CCc2cc(Cc3cccc(C#N)c3)ccc21. The fraction of sp³-hybridized carbons (Fsp3) is 0.350. The maximum absolute atomic E-state index is 12.1. The van der Waals surface area contributed by atoms with Crippen molar-refractivity contribution in [1.82, 2.24) is 4.72 Å². The van der Waals surface area contributed by atoms with Gasteiger partial charge in [-0.2, -0.15) is 5.26 Å². The Balaban J connectivity index is 1.79. The van der Waals surface area contributed by atoms with E-state index in [2.05, 4.69) is 22.9 Å². The van der Waals surface area contributed by atoms with Crippen molar-refractivity contribution in [3.8, 4) is 6.07 Å². The van der Waals surface area contributed by atoms with Crippen LogP contribution < -0.4 is 4.72 Å². The molecule has 0 saturated carbocycles. The summed E-state index contributed by atoms with van der Waals surface area (Å²) < 4.78 is 27.1. The van der Waals surface area contributed by atoms with E-state index in [1.165, 1.54) is 11.1 Å². The van der Waals surface area contributed by atoms with Crippen LogP contribution in [0.25, 0.3) is 0 Å². The molecule has 5 heteroatoms. The number of nitriles is 1. The Morgan fingerprint density at radius 2 is 1.96 bits per heavy atom. The molecule has 2 aromatic rings. The maximum Gasteiger partial charge on any atom is 0.214 e. The number of sulfonamides is 1. The molecule has 1 atom stereocenters. The van der Waals surface area contributed by atoms with E-state index >= 15 is 0 Å². The average molecular weight is 354 g/mol. The number of hydrogen-bond donors (Lipinski definition) is 1. The summed E-state index contributed by atoms with van der Waals surface area (Å²) in [6.45, 7) is 3.38. The van der Waals surface area contributed by atoms with Crippen molar-refractivity contribution >= 4 is 10.0 Å². The number of benzene rings is 2. The first kappa shape index (κ1) is 17.7. The molecule has 3 rings (SSSR count). The Kier molecular flexibility index (Phi) is 4.94. The summed E-state index contributed by atoms with van der Waals surface area (Å²) in [5.41, 5.74) is 5.25. The summed E-state index contributed by atoms with van der Waals surface area (Å²) >= 11 is 0. The van der Waals surface area contributed by atoms with Crippen molar-refractivity contribution in [2.45, 2.75) is 44.4 Å². The molecule has 0 aliphatic heterocycles. The lowest BCUT2D eigenvalue weighted by Gasteiger charge is -2.16. The Morgan fingerprint density at radius 3 is 2.68 bits per heavy atom. The fourth-order valence-corrected chi connectivity index (χ4v) is 4.14. The first-order chi connectivity index (χ1) is 11.9. The van der Waals surface area contributed by atoms with E-state index in [4.69, 9.17) is 5.26 Å². The largest absolute Gasteiger partial charge is 0.214 e. The molecule has 0 aromatic heterocycles. The van der Waals surface area contributed by atoms with Gasteiger partial charge in [-0.1, -0.05) is 30.3 Å². The minimum Gasteiger partial charge on any atom is -0.212 e. The first-order valence-corrected chi connectivity index (χ1v) is 10.1. The van der Waals surface area contributed by atoms with Crippen LogP contribution in [-0.4, -0.2) is 13.7 Å². The van der Waals surface area contributed by atoms with Gasteiger partial charge in [0.1, 0.15) is 0 Å². The Hall–Kier alpha value is -2.16. The second-order valence-electron chi connectivity index (χ2n) is 6.83. The number of aryl methyl sites for hydroxylation is 1. The normalized spacial score (nSPS) is 16.6. The molecule has 25 heavy (non-hydrogen) atoms. The van der Waals surface area contributed by atoms with Crippen LogP contribution in [0.4, 0.5) is 0 Å². The third-order valence-corrected chi connectivity index (χ3v) is 6.53. The molecule has 1 aliphatic rings. The van der Waals surface area contributed by atoms with Crippen molar-refractivity contribution in [1.29, 1.82) is 5.26 Å². The third kappa shape index (κ3) is 3.92. The number of nitrogens with one attached hydrogen (secondary N) is 1. The van der Waals surface area contributed by atoms with Gasteiger partial charge in [-0.05, 0) is 67.5 Å². The molecule has 0 heterocycles. The van der Waals surface area contributed by atoms with Crippen LogP contribution in [0, 0.1) is 11.3 Å². The molecular weight excluding hydrogens is 332 g/mol. The summed E-state index contributed by atoms with van der Waals surface area (Å²) in [6, 6.07) is 15.9. The highest BCUT2D eigenvalue weighted by Crippen LogP contribution is 2.33. The minimum atomic E-state index is -3.27. The highest BCUT2D eigenvalue weighted by atomic mass is 32.2. The summed E-state index contributed by atoms with van der Waals surface area (Å²) in [4.78, 5) is 0. The molecule has 1 N–H and O–H groups in total. The fourth-order valence-electron chi connectivity index (χ4n) is 3.22. The van der Waals surface area contributed by atoms with Gasteiger partial charge in [-0.25, -0.2) is 13.1 Å². The summed E-state index contributed by atoms with van der Waals surface area (Å²) in [7, 11) is -3.27. The minimum absolute atomic E-state index is 0.127. The molecule has 0 spiro atoms. The molecule has 1 aliphatic carbocycles. The molecule has 0 bridgehead atoms. The summed E-state index contributed by atoms with van der Waals surface area (Å²) in [5.74, 6) is 0. The van der Waals surface area contributed by atoms with E-state index in [1.54, 1.807) is 19.9 Å². The molecule has 4 nitrogen and oxygen atoms in total. The van der Waals surface area contributed by atoms with E-state index in [0.717, 1.165) is 30.4 Å². The van der Waals surface area contributed by atoms with Crippen LogP contribution in [0.2, 0.25) is 0 Å². The van der Waals surface area contributed by atoms with Crippen LogP contribution in [0.15, 0.2) is 42.5 Å². The molecule has 0 saturated heterocycles. The van der Waals surface area contributed by atoms with Crippen LogP contribution in [0.3, 0.4) is 0 Å². The number of nitrogens with zero attached hydrogens (tertiary/aromatic N) is 1. The standard InChI is InChI=1S/C20H22N2O2S/c1-14(2)25(23,24)22-20-9-7-18-12-16(6-8-19(18)20)10-15-4-3-5-17(11-15)13-21/h3-6,8,11-12,14,20,22H,7,9-10H2,1-2H3. The van der Waals surface area contributed by atoms with E-state index in [0.29, 0.717) is 5.56 Å².